The summed E-state index contributed by atoms with van der Waals surface area (Å²) in [5.74, 6) is 2.39. The fourth-order valence-corrected chi connectivity index (χ4v) is 4.90. The van der Waals surface area contributed by atoms with Crippen LogP contribution in [0.4, 0.5) is 0 Å². The fourth-order valence-electron chi connectivity index (χ4n) is 2.18. The van der Waals surface area contributed by atoms with Crippen LogP contribution >= 0.6 is 15.9 Å². The third kappa shape index (κ3) is 3.54. The van der Waals surface area contributed by atoms with Gasteiger partial charge in [0.15, 0.2) is 9.84 Å². The molecule has 0 N–H and O–H groups in total. The van der Waals surface area contributed by atoms with Crippen molar-refractivity contribution in [3.05, 3.63) is 0 Å². The quantitative estimate of drug-likeness (QED) is 0.743. The van der Waals surface area contributed by atoms with E-state index in [4.69, 9.17) is 0 Å². The highest BCUT2D eigenvalue weighted by Crippen LogP contribution is 2.31. The highest BCUT2D eigenvalue weighted by atomic mass is 79.9. The van der Waals surface area contributed by atoms with Gasteiger partial charge in [0, 0.05) is 5.33 Å². The van der Waals surface area contributed by atoms with Gasteiger partial charge in [0.2, 0.25) is 0 Å². The van der Waals surface area contributed by atoms with Crippen molar-refractivity contribution >= 4 is 25.8 Å². The zero-order valence-corrected chi connectivity index (χ0v) is 11.3. The third-order valence-electron chi connectivity index (χ3n) is 2.91. The lowest BCUT2D eigenvalue weighted by Crippen LogP contribution is -2.19. The molecule has 0 amide bonds. The number of hydrogen-bond donors (Lipinski definition) is 0. The van der Waals surface area contributed by atoms with Crippen LogP contribution in [0.3, 0.4) is 0 Å². The molecule has 1 heterocycles. The average Bonchev–Trinajstić information content (AvgIpc) is 2.41. The lowest BCUT2D eigenvalue weighted by atomic mass is 9.87. The number of sulfone groups is 1. The van der Waals surface area contributed by atoms with E-state index in [-0.39, 0.29) is 0 Å². The maximum atomic E-state index is 11.3. The van der Waals surface area contributed by atoms with E-state index >= 15 is 0 Å². The summed E-state index contributed by atoms with van der Waals surface area (Å²) in [5.41, 5.74) is 0. The van der Waals surface area contributed by atoms with Crippen LogP contribution in [0.25, 0.3) is 0 Å². The summed E-state index contributed by atoms with van der Waals surface area (Å²) in [6, 6.07) is 0. The minimum atomic E-state index is -2.71. The first-order valence-electron chi connectivity index (χ1n) is 5.21. The van der Waals surface area contributed by atoms with Gasteiger partial charge in [-0.15, -0.1) is 0 Å². The third-order valence-corrected chi connectivity index (χ3v) is 5.53. The number of halogens is 1. The van der Waals surface area contributed by atoms with Crippen molar-refractivity contribution in [1.29, 1.82) is 0 Å². The van der Waals surface area contributed by atoms with Crippen molar-refractivity contribution in [1.82, 2.24) is 0 Å². The van der Waals surface area contributed by atoms with E-state index < -0.39 is 9.84 Å². The topological polar surface area (TPSA) is 34.1 Å². The van der Waals surface area contributed by atoms with Gasteiger partial charge in [0.05, 0.1) is 11.5 Å². The fraction of sp³-hybridized carbons (Fsp3) is 1.00. The molecule has 1 aliphatic heterocycles. The summed E-state index contributed by atoms with van der Waals surface area (Å²) in [5, 5.41) is 0.936. The molecule has 1 rings (SSSR count). The van der Waals surface area contributed by atoms with E-state index in [0.717, 1.165) is 18.2 Å². The standard InChI is InChI=1S/C10H19BrO2S/c1-8(2)5-10(6-11)9-3-4-14(12,13)7-9/h8-10H,3-7H2,1-2H3. The Bertz CT molecular complexity index is 272. The van der Waals surface area contributed by atoms with E-state index in [1.165, 1.54) is 0 Å². The van der Waals surface area contributed by atoms with Gasteiger partial charge in [-0.25, -0.2) is 8.42 Å². The Kier molecular flexibility index (Phi) is 4.44. The molecule has 0 aromatic carbocycles. The Morgan fingerprint density at radius 2 is 2.07 bits per heavy atom. The molecule has 1 aliphatic rings. The normalized spacial score (nSPS) is 28.1. The van der Waals surface area contributed by atoms with Crippen molar-refractivity contribution in [3.63, 3.8) is 0 Å². The molecule has 0 aromatic rings. The van der Waals surface area contributed by atoms with Crippen LogP contribution in [0.15, 0.2) is 0 Å². The van der Waals surface area contributed by atoms with Crippen LogP contribution in [0.2, 0.25) is 0 Å². The molecule has 14 heavy (non-hydrogen) atoms. The summed E-state index contributed by atoms with van der Waals surface area (Å²) in [6.45, 7) is 4.39. The van der Waals surface area contributed by atoms with Gasteiger partial charge in [0.25, 0.3) is 0 Å². The highest BCUT2D eigenvalue weighted by molar-refractivity contribution is 9.09. The Morgan fingerprint density at radius 3 is 2.43 bits per heavy atom. The SMILES string of the molecule is CC(C)CC(CBr)C1CCS(=O)(=O)C1. The number of alkyl halides is 1. The van der Waals surface area contributed by atoms with Crippen LogP contribution in [-0.2, 0) is 9.84 Å². The molecule has 0 bridgehead atoms. The second-order valence-electron chi connectivity index (χ2n) is 4.71. The zero-order valence-electron chi connectivity index (χ0n) is 8.87. The smallest absolute Gasteiger partial charge is 0.150 e. The summed E-state index contributed by atoms with van der Waals surface area (Å²) >= 11 is 3.50. The minimum Gasteiger partial charge on any atom is -0.229 e. The first-order chi connectivity index (χ1) is 6.44. The molecule has 1 saturated heterocycles. The molecular formula is C10H19BrO2S. The molecule has 0 radical (unpaired) electrons. The number of hydrogen-bond acceptors (Lipinski definition) is 2. The van der Waals surface area contributed by atoms with Gasteiger partial charge in [0.1, 0.15) is 0 Å². The van der Waals surface area contributed by atoms with Crippen LogP contribution in [-0.4, -0.2) is 25.3 Å². The van der Waals surface area contributed by atoms with Crippen molar-refractivity contribution in [2.24, 2.45) is 17.8 Å². The van der Waals surface area contributed by atoms with Crippen LogP contribution in [0.5, 0.6) is 0 Å². The predicted molar refractivity (Wildman–Crippen MR) is 63.5 cm³/mol. The van der Waals surface area contributed by atoms with E-state index in [0.29, 0.717) is 29.3 Å². The molecular weight excluding hydrogens is 264 g/mol. The number of rotatable bonds is 4. The van der Waals surface area contributed by atoms with E-state index in [9.17, 15) is 8.42 Å². The Balaban J connectivity index is 2.55. The van der Waals surface area contributed by atoms with E-state index in [2.05, 4.69) is 29.8 Å². The van der Waals surface area contributed by atoms with Crippen LogP contribution in [0.1, 0.15) is 26.7 Å². The first-order valence-corrected chi connectivity index (χ1v) is 8.15. The summed E-state index contributed by atoms with van der Waals surface area (Å²) in [4.78, 5) is 0. The lowest BCUT2D eigenvalue weighted by molar-refractivity contribution is 0.336. The molecule has 4 heteroatoms. The van der Waals surface area contributed by atoms with Crippen molar-refractivity contribution < 1.29 is 8.42 Å². The van der Waals surface area contributed by atoms with Gasteiger partial charge in [-0.2, -0.15) is 0 Å². The van der Waals surface area contributed by atoms with Gasteiger partial charge in [-0.05, 0) is 30.6 Å². The summed E-state index contributed by atoms with van der Waals surface area (Å²) in [6.07, 6.45) is 2.00. The maximum Gasteiger partial charge on any atom is 0.150 e. The van der Waals surface area contributed by atoms with Gasteiger partial charge >= 0.3 is 0 Å². The van der Waals surface area contributed by atoms with Gasteiger partial charge < -0.3 is 0 Å². The Morgan fingerprint density at radius 1 is 1.43 bits per heavy atom. The van der Waals surface area contributed by atoms with E-state index in [1.54, 1.807) is 0 Å². The Labute approximate surface area is 95.5 Å². The monoisotopic (exact) mass is 282 g/mol. The average molecular weight is 283 g/mol. The first kappa shape index (κ1) is 12.5. The summed E-state index contributed by atoms with van der Waals surface area (Å²) in [7, 11) is -2.71. The molecule has 1 fully saturated rings. The van der Waals surface area contributed by atoms with Gasteiger partial charge in [-0.1, -0.05) is 29.8 Å². The second-order valence-corrected chi connectivity index (χ2v) is 7.58. The molecule has 0 saturated carbocycles. The van der Waals surface area contributed by atoms with E-state index in [1.807, 2.05) is 0 Å². The molecule has 0 aliphatic carbocycles. The summed E-state index contributed by atoms with van der Waals surface area (Å²) < 4.78 is 22.7. The molecule has 2 nitrogen and oxygen atoms in total. The van der Waals surface area contributed by atoms with Crippen molar-refractivity contribution in [3.8, 4) is 0 Å². The lowest BCUT2D eigenvalue weighted by Gasteiger charge is -2.21. The van der Waals surface area contributed by atoms with Crippen molar-refractivity contribution in [2.45, 2.75) is 26.7 Å². The second kappa shape index (κ2) is 4.97. The van der Waals surface area contributed by atoms with Crippen LogP contribution in [0, 0.1) is 17.8 Å². The molecule has 2 unspecified atom stereocenters. The predicted octanol–water partition coefficient (Wildman–Crippen LogP) is 2.48. The highest BCUT2D eigenvalue weighted by Gasteiger charge is 2.33. The van der Waals surface area contributed by atoms with Crippen molar-refractivity contribution in [2.75, 3.05) is 16.8 Å². The molecule has 0 aromatic heterocycles. The molecule has 84 valence electrons. The maximum absolute atomic E-state index is 11.3. The van der Waals surface area contributed by atoms with Gasteiger partial charge in [-0.3, -0.25) is 0 Å². The minimum absolute atomic E-state index is 0.391. The Hall–Kier alpha value is 0.430. The zero-order chi connectivity index (χ0) is 10.8. The molecule has 0 spiro atoms. The largest absolute Gasteiger partial charge is 0.229 e. The molecule has 2 atom stereocenters. The van der Waals surface area contributed by atoms with Crippen LogP contribution < -0.4 is 0 Å².